The van der Waals surface area contributed by atoms with Gasteiger partial charge in [0.15, 0.2) is 6.10 Å². The molecule has 0 aliphatic heterocycles. The highest BCUT2D eigenvalue weighted by molar-refractivity contribution is 6.21. The largest absolute Gasteiger partial charge is 0.489 e. The van der Waals surface area contributed by atoms with Crippen LogP contribution in [0.2, 0.25) is 0 Å². The molecule has 3 aromatic rings. The van der Waals surface area contributed by atoms with E-state index in [9.17, 15) is 4.79 Å². The second-order valence-electron chi connectivity index (χ2n) is 6.93. The number of nitrogen functional groups attached to an aromatic ring is 1. The molecule has 0 saturated heterocycles. The number of nitrogens with one attached hydrogen (secondary N) is 1. The number of hydrogen-bond acceptors (Lipinski definition) is 4. The summed E-state index contributed by atoms with van der Waals surface area (Å²) >= 11 is 6.25. The Morgan fingerprint density at radius 1 is 1.00 bits per heavy atom. The highest BCUT2D eigenvalue weighted by Crippen LogP contribution is 2.24. The lowest BCUT2D eigenvalue weighted by molar-refractivity contribution is -0.137. The van der Waals surface area contributed by atoms with E-state index in [1.54, 1.807) is 48.5 Å². The highest BCUT2D eigenvalue weighted by Gasteiger charge is 2.25. The minimum Gasteiger partial charge on any atom is -0.489 e. The van der Waals surface area contributed by atoms with Crippen molar-refractivity contribution in [2.45, 2.75) is 19.3 Å². The Balaban J connectivity index is 1.61. The van der Waals surface area contributed by atoms with Crippen LogP contribution in [0.1, 0.15) is 28.4 Å². The third-order valence-electron chi connectivity index (χ3n) is 4.72. The van der Waals surface area contributed by atoms with Crippen molar-refractivity contribution < 1.29 is 14.3 Å². The van der Waals surface area contributed by atoms with E-state index in [1.807, 2.05) is 30.3 Å². The van der Waals surface area contributed by atoms with E-state index in [2.05, 4.69) is 0 Å². The molecule has 0 aliphatic rings. The second-order valence-corrected chi connectivity index (χ2v) is 7.34. The predicted molar refractivity (Wildman–Crippen MR) is 121 cm³/mol. The number of amides is 1. The monoisotopic (exact) mass is 437 g/mol. The third-order valence-corrected chi connectivity index (χ3v) is 5.00. The number of benzene rings is 3. The summed E-state index contributed by atoms with van der Waals surface area (Å²) in [5.41, 5.74) is 8.64. The fourth-order valence-corrected chi connectivity index (χ4v) is 3.24. The molecule has 0 saturated carbocycles. The van der Waals surface area contributed by atoms with Gasteiger partial charge < -0.3 is 15.2 Å². The molecule has 3 rings (SSSR count). The fraction of sp³-hybridized carbons (Fsp3) is 0.167. The number of halogens is 1. The molecule has 160 valence electrons. The first-order chi connectivity index (χ1) is 15.0. The average Bonchev–Trinajstić information content (AvgIpc) is 2.80. The van der Waals surface area contributed by atoms with Crippen molar-refractivity contribution in [2.75, 3.05) is 7.11 Å². The van der Waals surface area contributed by atoms with Gasteiger partial charge in [0.1, 0.15) is 18.2 Å². The molecule has 0 aromatic heterocycles. The molecule has 0 heterocycles. The summed E-state index contributed by atoms with van der Waals surface area (Å²) in [7, 11) is 1.47. The molecule has 0 radical (unpaired) electrons. The summed E-state index contributed by atoms with van der Waals surface area (Å²) < 4.78 is 12.3. The number of hydrogen-bond donors (Lipinski definition) is 2. The van der Waals surface area contributed by atoms with E-state index in [0.29, 0.717) is 23.5 Å². The van der Waals surface area contributed by atoms with Crippen molar-refractivity contribution in [1.82, 2.24) is 4.42 Å². The van der Waals surface area contributed by atoms with Gasteiger partial charge in [-0.3, -0.25) is 10.2 Å². The number of rotatable bonds is 9. The molecule has 0 spiro atoms. The van der Waals surface area contributed by atoms with Gasteiger partial charge in [-0.05, 0) is 28.8 Å². The maximum Gasteiger partial charge on any atom is 0.270 e. The van der Waals surface area contributed by atoms with Crippen LogP contribution in [0.4, 0.5) is 0 Å². The standard InChI is InChI=1S/C24H24ClN3O3/c1-30-22(24(29)28(25)15-17-7-9-20(10-8-17)23(26)27)19-11-13-21(14-12-19)31-16-18-5-3-2-4-6-18/h2-14,22H,15-16H2,1H3,(H3,26,27). The summed E-state index contributed by atoms with van der Waals surface area (Å²) in [4.78, 5) is 12.8. The van der Waals surface area contributed by atoms with Crippen molar-refractivity contribution in [3.8, 4) is 5.75 Å². The zero-order valence-corrected chi connectivity index (χ0v) is 17.9. The smallest absolute Gasteiger partial charge is 0.270 e. The number of ether oxygens (including phenoxy) is 2. The Hall–Kier alpha value is -3.35. The van der Waals surface area contributed by atoms with Crippen molar-refractivity contribution in [2.24, 2.45) is 5.73 Å². The Labute approximate surface area is 186 Å². The SMILES string of the molecule is COC(C(=O)N(Cl)Cc1ccc(C(=N)N)cc1)c1ccc(OCc2ccccc2)cc1. The van der Waals surface area contributed by atoms with Crippen LogP contribution in [0.5, 0.6) is 5.75 Å². The molecule has 31 heavy (non-hydrogen) atoms. The van der Waals surface area contributed by atoms with Crippen LogP contribution in [0.15, 0.2) is 78.9 Å². The predicted octanol–water partition coefficient (Wildman–Crippen LogP) is 4.42. The van der Waals surface area contributed by atoms with Gasteiger partial charge in [-0.25, -0.2) is 4.42 Å². The number of methoxy groups -OCH3 is 1. The summed E-state index contributed by atoms with van der Waals surface area (Å²) in [5.74, 6) is 0.307. The Kier molecular flexibility index (Phi) is 7.65. The van der Waals surface area contributed by atoms with Crippen LogP contribution in [0, 0.1) is 5.41 Å². The summed E-state index contributed by atoms with van der Waals surface area (Å²) in [6.07, 6.45) is -0.836. The highest BCUT2D eigenvalue weighted by atomic mass is 35.5. The minimum absolute atomic E-state index is 0.0130. The zero-order chi connectivity index (χ0) is 22.2. The van der Waals surface area contributed by atoms with Gasteiger partial charge in [0.2, 0.25) is 0 Å². The van der Waals surface area contributed by atoms with Crippen LogP contribution in [0.3, 0.4) is 0 Å². The molecule has 3 aromatic carbocycles. The molecule has 3 N–H and O–H groups in total. The third kappa shape index (κ3) is 6.07. The van der Waals surface area contributed by atoms with Crippen molar-refractivity contribution in [3.63, 3.8) is 0 Å². The molecule has 0 fully saturated rings. The average molecular weight is 438 g/mol. The van der Waals surface area contributed by atoms with Crippen LogP contribution in [0.25, 0.3) is 0 Å². The molecular weight excluding hydrogens is 414 g/mol. The lowest BCUT2D eigenvalue weighted by Crippen LogP contribution is -2.28. The lowest BCUT2D eigenvalue weighted by Gasteiger charge is -2.21. The molecular formula is C24H24ClN3O3. The lowest BCUT2D eigenvalue weighted by atomic mass is 10.1. The fourth-order valence-electron chi connectivity index (χ4n) is 3.01. The topological polar surface area (TPSA) is 88.6 Å². The maximum absolute atomic E-state index is 12.8. The van der Waals surface area contributed by atoms with E-state index < -0.39 is 6.10 Å². The molecule has 1 atom stereocenters. The molecule has 1 amide bonds. The molecule has 0 bridgehead atoms. The summed E-state index contributed by atoms with van der Waals surface area (Å²) in [6, 6.07) is 24.1. The van der Waals surface area contributed by atoms with Gasteiger partial charge in [0.05, 0.1) is 6.54 Å². The summed E-state index contributed by atoms with van der Waals surface area (Å²) in [6.45, 7) is 0.654. The van der Waals surface area contributed by atoms with E-state index in [4.69, 9.17) is 32.4 Å². The maximum atomic E-state index is 12.8. The van der Waals surface area contributed by atoms with Crippen LogP contribution >= 0.6 is 11.8 Å². The van der Waals surface area contributed by atoms with Gasteiger partial charge in [-0.2, -0.15) is 0 Å². The Bertz CT molecular complexity index is 1010. The van der Waals surface area contributed by atoms with Gasteiger partial charge >= 0.3 is 0 Å². The number of amidine groups is 1. The first-order valence-corrected chi connectivity index (χ1v) is 10.0. The number of carbonyl (C=O) groups is 1. The van der Waals surface area contributed by atoms with Crippen LogP contribution < -0.4 is 10.5 Å². The summed E-state index contributed by atoms with van der Waals surface area (Å²) in [5, 5.41) is 7.44. The van der Waals surface area contributed by atoms with Crippen LogP contribution in [-0.4, -0.2) is 23.3 Å². The van der Waals surface area contributed by atoms with Gasteiger partial charge in [-0.15, -0.1) is 0 Å². The van der Waals surface area contributed by atoms with E-state index in [0.717, 1.165) is 15.5 Å². The van der Waals surface area contributed by atoms with Gasteiger partial charge in [0.25, 0.3) is 5.91 Å². The minimum atomic E-state index is -0.836. The number of nitrogens with zero attached hydrogens (tertiary/aromatic N) is 1. The number of carbonyl (C=O) groups excluding carboxylic acids is 1. The van der Waals surface area contributed by atoms with E-state index in [1.165, 1.54) is 7.11 Å². The molecule has 1 unspecified atom stereocenters. The van der Waals surface area contributed by atoms with Gasteiger partial charge in [-0.1, -0.05) is 66.7 Å². The molecule has 6 nitrogen and oxygen atoms in total. The Morgan fingerprint density at radius 2 is 1.65 bits per heavy atom. The van der Waals surface area contributed by atoms with Crippen LogP contribution in [-0.2, 0) is 22.7 Å². The first-order valence-electron chi connectivity index (χ1n) is 9.68. The van der Waals surface area contributed by atoms with Crippen molar-refractivity contribution >= 4 is 23.5 Å². The Morgan fingerprint density at radius 3 is 2.23 bits per heavy atom. The van der Waals surface area contributed by atoms with E-state index >= 15 is 0 Å². The normalized spacial score (nSPS) is 11.5. The second kappa shape index (κ2) is 10.6. The van der Waals surface area contributed by atoms with Crippen molar-refractivity contribution in [3.05, 3.63) is 101 Å². The van der Waals surface area contributed by atoms with E-state index in [-0.39, 0.29) is 18.3 Å². The first kappa shape index (κ1) is 22.3. The molecule has 0 aliphatic carbocycles. The van der Waals surface area contributed by atoms with Gasteiger partial charge in [0, 0.05) is 24.4 Å². The number of nitrogens with two attached hydrogens (primary N) is 1. The van der Waals surface area contributed by atoms with Crippen molar-refractivity contribution in [1.29, 1.82) is 5.41 Å². The zero-order valence-electron chi connectivity index (χ0n) is 17.1. The quantitative estimate of drug-likeness (QED) is 0.294. The molecule has 7 heteroatoms.